The Bertz CT molecular complexity index is 388. The van der Waals surface area contributed by atoms with E-state index in [0.29, 0.717) is 26.1 Å². The molecule has 0 unspecified atom stereocenters. The lowest BCUT2D eigenvalue weighted by Crippen LogP contribution is -2.47. The Hall–Kier alpha value is -1.46. The Labute approximate surface area is 106 Å². The Morgan fingerprint density at radius 1 is 1.44 bits per heavy atom. The predicted octanol–water partition coefficient (Wildman–Crippen LogP) is 0.282. The van der Waals surface area contributed by atoms with Crippen LogP contribution < -0.4 is 5.32 Å². The molecule has 1 aliphatic rings. The fourth-order valence-electron chi connectivity index (χ4n) is 1.92. The molecule has 1 amide bonds. The molecule has 1 aromatic rings. The molecule has 2 N–H and O–H groups in total. The monoisotopic (exact) mass is 250 g/mol. The van der Waals surface area contributed by atoms with Crippen molar-refractivity contribution in [3.63, 3.8) is 0 Å². The van der Waals surface area contributed by atoms with E-state index in [2.05, 4.69) is 10.3 Å². The SMILES string of the molecule is O=C(Cc1ccccn1)NCC1(O)CCOCC1. The summed E-state index contributed by atoms with van der Waals surface area (Å²) in [5.74, 6) is -0.117. The minimum absolute atomic E-state index is 0.117. The summed E-state index contributed by atoms with van der Waals surface area (Å²) in [6.07, 6.45) is 3.04. The van der Waals surface area contributed by atoms with Crippen LogP contribution in [0.1, 0.15) is 18.5 Å². The van der Waals surface area contributed by atoms with Gasteiger partial charge in [0.2, 0.25) is 5.91 Å². The summed E-state index contributed by atoms with van der Waals surface area (Å²) in [4.78, 5) is 15.8. The van der Waals surface area contributed by atoms with E-state index in [1.165, 1.54) is 0 Å². The van der Waals surface area contributed by atoms with E-state index in [1.54, 1.807) is 6.20 Å². The highest BCUT2D eigenvalue weighted by molar-refractivity contribution is 5.78. The standard InChI is InChI=1S/C13H18N2O3/c16-12(9-11-3-1-2-6-14-11)15-10-13(17)4-7-18-8-5-13/h1-3,6,17H,4-5,7-10H2,(H,15,16). The average Bonchev–Trinajstić information content (AvgIpc) is 2.39. The van der Waals surface area contributed by atoms with E-state index in [-0.39, 0.29) is 18.9 Å². The Morgan fingerprint density at radius 3 is 2.89 bits per heavy atom. The molecule has 0 bridgehead atoms. The quantitative estimate of drug-likeness (QED) is 0.805. The number of carbonyl (C=O) groups is 1. The number of nitrogens with zero attached hydrogens (tertiary/aromatic N) is 1. The van der Waals surface area contributed by atoms with Crippen molar-refractivity contribution in [3.8, 4) is 0 Å². The maximum Gasteiger partial charge on any atom is 0.226 e. The minimum Gasteiger partial charge on any atom is -0.388 e. The van der Waals surface area contributed by atoms with Crippen LogP contribution in [0.3, 0.4) is 0 Å². The number of ether oxygens (including phenoxy) is 1. The van der Waals surface area contributed by atoms with Gasteiger partial charge in [-0.1, -0.05) is 6.07 Å². The molecule has 0 aliphatic carbocycles. The van der Waals surface area contributed by atoms with Crippen LogP contribution >= 0.6 is 0 Å². The largest absolute Gasteiger partial charge is 0.388 e. The molecule has 5 nitrogen and oxygen atoms in total. The van der Waals surface area contributed by atoms with Crippen molar-refractivity contribution in [2.24, 2.45) is 0 Å². The highest BCUT2D eigenvalue weighted by atomic mass is 16.5. The molecule has 0 atom stereocenters. The van der Waals surface area contributed by atoms with Crippen molar-refractivity contribution in [2.75, 3.05) is 19.8 Å². The van der Waals surface area contributed by atoms with E-state index >= 15 is 0 Å². The molecule has 1 fully saturated rings. The van der Waals surface area contributed by atoms with Crippen LogP contribution in [0.5, 0.6) is 0 Å². The Kier molecular flexibility index (Phi) is 4.28. The second-order valence-electron chi connectivity index (χ2n) is 4.61. The molecule has 0 radical (unpaired) electrons. The van der Waals surface area contributed by atoms with Crippen LogP contribution in [0.15, 0.2) is 24.4 Å². The number of rotatable bonds is 4. The average molecular weight is 250 g/mol. The zero-order valence-electron chi connectivity index (χ0n) is 10.3. The first kappa shape index (κ1) is 13.0. The number of aromatic nitrogens is 1. The number of hydrogen-bond donors (Lipinski definition) is 2. The lowest BCUT2D eigenvalue weighted by Gasteiger charge is -2.32. The molecule has 1 aliphatic heterocycles. The second-order valence-corrected chi connectivity index (χ2v) is 4.61. The fourth-order valence-corrected chi connectivity index (χ4v) is 1.92. The molecule has 0 spiro atoms. The normalized spacial score (nSPS) is 18.3. The first-order valence-corrected chi connectivity index (χ1v) is 6.15. The molecular weight excluding hydrogens is 232 g/mol. The van der Waals surface area contributed by atoms with Crippen LogP contribution in [0, 0.1) is 0 Å². The van der Waals surface area contributed by atoms with Crippen LogP contribution in [0.2, 0.25) is 0 Å². The van der Waals surface area contributed by atoms with Gasteiger partial charge in [0.1, 0.15) is 0 Å². The van der Waals surface area contributed by atoms with Gasteiger partial charge in [-0.15, -0.1) is 0 Å². The third-order valence-electron chi connectivity index (χ3n) is 3.11. The van der Waals surface area contributed by atoms with Gasteiger partial charge in [-0.25, -0.2) is 0 Å². The van der Waals surface area contributed by atoms with Crippen LogP contribution in [0.4, 0.5) is 0 Å². The highest BCUT2D eigenvalue weighted by Crippen LogP contribution is 2.19. The molecule has 5 heteroatoms. The van der Waals surface area contributed by atoms with Gasteiger partial charge in [0.15, 0.2) is 0 Å². The van der Waals surface area contributed by atoms with Crippen LogP contribution in [-0.2, 0) is 16.0 Å². The van der Waals surface area contributed by atoms with Crippen molar-refractivity contribution in [1.82, 2.24) is 10.3 Å². The van der Waals surface area contributed by atoms with E-state index < -0.39 is 5.60 Å². The molecule has 1 saturated heterocycles. The van der Waals surface area contributed by atoms with Gasteiger partial charge in [-0.3, -0.25) is 9.78 Å². The summed E-state index contributed by atoms with van der Waals surface area (Å²) in [6, 6.07) is 5.47. The molecule has 98 valence electrons. The van der Waals surface area contributed by atoms with Gasteiger partial charge < -0.3 is 15.2 Å². The minimum atomic E-state index is -0.821. The molecule has 0 saturated carbocycles. The van der Waals surface area contributed by atoms with Crippen molar-refractivity contribution in [1.29, 1.82) is 0 Å². The summed E-state index contributed by atoms with van der Waals surface area (Å²) >= 11 is 0. The van der Waals surface area contributed by atoms with Crippen molar-refractivity contribution in [3.05, 3.63) is 30.1 Å². The smallest absolute Gasteiger partial charge is 0.226 e. The summed E-state index contributed by atoms with van der Waals surface area (Å²) < 4.78 is 5.18. The number of carbonyl (C=O) groups excluding carboxylic acids is 1. The highest BCUT2D eigenvalue weighted by Gasteiger charge is 2.29. The Balaban J connectivity index is 1.78. The first-order chi connectivity index (χ1) is 8.68. The topological polar surface area (TPSA) is 71.5 Å². The molecular formula is C13H18N2O3. The van der Waals surface area contributed by atoms with Crippen molar-refractivity contribution < 1.29 is 14.6 Å². The number of aliphatic hydroxyl groups is 1. The molecule has 18 heavy (non-hydrogen) atoms. The third kappa shape index (κ3) is 3.78. The zero-order chi connectivity index (χ0) is 12.8. The van der Waals surface area contributed by atoms with E-state index in [0.717, 1.165) is 5.69 Å². The second kappa shape index (κ2) is 5.93. The van der Waals surface area contributed by atoms with Gasteiger partial charge in [-0.2, -0.15) is 0 Å². The lowest BCUT2D eigenvalue weighted by atomic mass is 9.94. The van der Waals surface area contributed by atoms with E-state index in [1.807, 2.05) is 18.2 Å². The van der Waals surface area contributed by atoms with Crippen LogP contribution in [-0.4, -0.2) is 41.4 Å². The summed E-state index contributed by atoms with van der Waals surface area (Å²) in [5, 5.41) is 12.9. The number of nitrogens with one attached hydrogen (secondary N) is 1. The van der Waals surface area contributed by atoms with Gasteiger partial charge in [0.25, 0.3) is 0 Å². The van der Waals surface area contributed by atoms with Crippen molar-refractivity contribution >= 4 is 5.91 Å². The van der Waals surface area contributed by atoms with Gasteiger partial charge in [0, 0.05) is 44.5 Å². The Morgan fingerprint density at radius 2 is 2.22 bits per heavy atom. The fraction of sp³-hybridized carbons (Fsp3) is 0.538. The predicted molar refractivity (Wildman–Crippen MR) is 66.0 cm³/mol. The summed E-state index contributed by atoms with van der Waals surface area (Å²) in [7, 11) is 0. The number of pyridine rings is 1. The zero-order valence-corrected chi connectivity index (χ0v) is 10.3. The molecule has 0 aromatic carbocycles. The summed E-state index contributed by atoms with van der Waals surface area (Å²) in [6.45, 7) is 1.38. The first-order valence-electron chi connectivity index (χ1n) is 6.15. The summed E-state index contributed by atoms with van der Waals surface area (Å²) in [5.41, 5.74) is -0.0909. The van der Waals surface area contributed by atoms with Crippen LogP contribution in [0.25, 0.3) is 0 Å². The van der Waals surface area contributed by atoms with Gasteiger partial charge >= 0.3 is 0 Å². The third-order valence-corrected chi connectivity index (χ3v) is 3.11. The lowest BCUT2D eigenvalue weighted by molar-refractivity contribution is -0.123. The van der Waals surface area contributed by atoms with Gasteiger partial charge in [0.05, 0.1) is 12.0 Å². The van der Waals surface area contributed by atoms with E-state index in [4.69, 9.17) is 4.74 Å². The van der Waals surface area contributed by atoms with Crippen molar-refractivity contribution in [2.45, 2.75) is 24.9 Å². The van der Waals surface area contributed by atoms with E-state index in [9.17, 15) is 9.90 Å². The maximum absolute atomic E-state index is 11.7. The van der Waals surface area contributed by atoms with Gasteiger partial charge in [-0.05, 0) is 12.1 Å². The molecule has 1 aromatic heterocycles. The maximum atomic E-state index is 11.7. The number of amides is 1. The molecule has 2 heterocycles. The number of hydrogen-bond acceptors (Lipinski definition) is 4. The molecule has 2 rings (SSSR count).